The van der Waals surface area contributed by atoms with Crippen LogP contribution in [0.4, 0.5) is 15.2 Å². The summed E-state index contributed by atoms with van der Waals surface area (Å²) in [6.45, 7) is 1.51. The highest BCUT2D eigenvalue weighted by Crippen LogP contribution is 2.32. The lowest BCUT2D eigenvalue weighted by molar-refractivity contribution is -0.120. The maximum atomic E-state index is 13.4. The van der Waals surface area contributed by atoms with E-state index in [4.69, 9.17) is 4.74 Å². The number of nitrogens with zero attached hydrogens (tertiary/aromatic N) is 2. The number of methoxy groups -OCH3 is 1. The van der Waals surface area contributed by atoms with Crippen LogP contribution in [0, 0.1) is 11.7 Å². The Hall–Kier alpha value is -2.67. The van der Waals surface area contributed by atoms with Gasteiger partial charge < -0.3 is 15.0 Å². The number of piperidine rings is 1. The minimum atomic E-state index is -0.246. The zero-order valence-corrected chi connectivity index (χ0v) is 15.8. The van der Waals surface area contributed by atoms with Gasteiger partial charge in [-0.3, -0.25) is 4.79 Å². The third-order valence-electron chi connectivity index (χ3n) is 4.84. The second-order valence-corrected chi connectivity index (χ2v) is 7.57. The van der Waals surface area contributed by atoms with Crippen LogP contribution in [0.3, 0.4) is 0 Å². The fraction of sp³-hybridized carbons (Fsp3) is 0.300. The summed E-state index contributed by atoms with van der Waals surface area (Å²) in [4.78, 5) is 19.4. The van der Waals surface area contributed by atoms with Gasteiger partial charge in [0.1, 0.15) is 11.6 Å². The summed E-state index contributed by atoms with van der Waals surface area (Å²) in [6.07, 6.45) is 1.51. The fourth-order valence-corrected chi connectivity index (χ4v) is 4.38. The molecule has 1 aliphatic heterocycles. The Morgan fingerprint density at radius 3 is 2.81 bits per heavy atom. The molecule has 27 heavy (non-hydrogen) atoms. The molecule has 140 valence electrons. The van der Waals surface area contributed by atoms with Gasteiger partial charge in [0.05, 0.1) is 23.0 Å². The number of rotatable bonds is 4. The first-order valence-electron chi connectivity index (χ1n) is 8.89. The van der Waals surface area contributed by atoms with E-state index >= 15 is 0 Å². The van der Waals surface area contributed by atoms with Gasteiger partial charge in [0.2, 0.25) is 5.91 Å². The smallest absolute Gasteiger partial charge is 0.227 e. The van der Waals surface area contributed by atoms with Crippen molar-refractivity contribution in [3.63, 3.8) is 0 Å². The standard InChI is InChI=1S/C20H20FN3O2S/c1-26-17-5-3-2-4-15(17)22-19(25)13-8-10-24(11-9-13)20-23-16-7-6-14(21)12-18(16)27-20/h2-7,12-13H,8-11H2,1H3,(H,22,25). The average Bonchev–Trinajstić information content (AvgIpc) is 3.11. The number of thiazole rings is 1. The first kappa shape index (κ1) is 17.7. The lowest BCUT2D eigenvalue weighted by Gasteiger charge is -2.31. The molecule has 1 aliphatic rings. The zero-order chi connectivity index (χ0) is 18.8. The first-order valence-corrected chi connectivity index (χ1v) is 9.70. The minimum Gasteiger partial charge on any atom is -0.495 e. The Labute approximate surface area is 160 Å². The van der Waals surface area contributed by atoms with Crippen molar-refractivity contribution in [3.8, 4) is 5.75 Å². The van der Waals surface area contributed by atoms with Gasteiger partial charge >= 0.3 is 0 Å². The van der Waals surface area contributed by atoms with E-state index in [9.17, 15) is 9.18 Å². The van der Waals surface area contributed by atoms with E-state index in [1.807, 2.05) is 24.3 Å². The molecule has 5 nitrogen and oxygen atoms in total. The number of aromatic nitrogens is 1. The summed E-state index contributed by atoms with van der Waals surface area (Å²) in [5, 5.41) is 3.86. The molecule has 0 saturated carbocycles. The largest absolute Gasteiger partial charge is 0.495 e. The predicted octanol–water partition coefficient (Wildman–Crippen LogP) is 4.30. The van der Waals surface area contributed by atoms with Crippen LogP contribution in [0.1, 0.15) is 12.8 Å². The maximum Gasteiger partial charge on any atom is 0.227 e. The summed E-state index contributed by atoms with van der Waals surface area (Å²) in [5.41, 5.74) is 1.51. The molecule has 1 aromatic heterocycles. The molecule has 0 spiro atoms. The molecule has 4 rings (SSSR count). The molecule has 3 aromatic rings. The number of halogens is 1. The summed E-state index contributed by atoms with van der Waals surface area (Å²) in [5.74, 6) is 0.387. The molecular formula is C20H20FN3O2S. The molecule has 1 fully saturated rings. The molecule has 0 aliphatic carbocycles. The number of amides is 1. The summed E-state index contributed by atoms with van der Waals surface area (Å²) >= 11 is 1.49. The number of fused-ring (bicyclic) bond motifs is 1. The normalized spacial score (nSPS) is 15.1. The van der Waals surface area contributed by atoms with E-state index in [0.717, 1.165) is 41.3 Å². The van der Waals surface area contributed by atoms with Crippen LogP contribution in [-0.2, 0) is 4.79 Å². The highest BCUT2D eigenvalue weighted by atomic mass is 32.1. The second kappa shape index (κ2) is 7.52. The second-order valence-electron chi connectivity index (χ2n) is 6.56. The fourth-order valence-electron chi connectivity index (χ4n) is 3.34. The Bertz CT molecular complexity index is 967. The van der Waals surface area contributed by atoms with E-state index in [1.54, 1.807) is 13.2 Å². The lowest BCUT2D eigenvalue weighted by Crippen LogP contribution is -2.38. The number of benzene rings is 2. The van der Waals surface area contributed by atoms with Gasteiger partial charge in [0.15, 0.2) is 5.13 Å². The molecule has 2 heterocycles. The molecule has 1 saturated heterocycles. The average molecular weight is 385 g/mol. The Morgan fingerprint density at radius 2 is 2.04 bits per heavy atom. The van der Waals surface area contributed by atoms with Crippen LogP contribution in [0.25, 0.3) is 10.2 Å². The first-order chi connectivity index (χ1) is 13.1. The molecule has 1 N–H and O–H groups in total. The van der Waals surface area contributed by atoms with Crippen molar-refractivity contribution in [1.82, 2.24) is 4.98 Å². The van der Waals surface area contributed by atoms with Crippen LogP contribution in [-0.4, -0.2) is 31.1 Å². The number of nitrogens with one attached hydrogen (secondary N) is 1. The van der Waals surface area contributed by atoms with Crippen LogP contribution in [0.5, 0.6) is 5.75 Å². The molecule has 0 radical (unpaired) electrons. The highest BCUT2D eigenvalue weighted by molar-refractivity contribution is 7.22. The number of hydrogen-bond acceptors (Lipinski definition) is 5. The van der Waals surface area contributed by atoms with E-state index in [2.05, 4.69) is 15.2 Å². The third kappa shape index (κ3) is 3.73. The van der Waals surface area contributed by atoms with Gasteiger partial charge in [-0.15, -0.1) is 0 Å². The van der Waals surface area contributed by atoms with E-state index in [-0.39, 0.29) is 17.6 Å². The molecule has 2 aromatic carbocycles. The molecule has 0 atom stereocenters. The maximum absolute atomic E-state index is 13.4. The number of anilines is 2. The van der Waals surface area contributed by atoms with Crippen molar-refractivity contribution in [2.75, 3.05) is 30.4 Å². The van der Waals surface area contributed by atoms with Crippen LogP contribution >= 0.6 is 11.3 Å². The zero-order valence-electron chi connectivity index (χ0n) is 14.9. The van der Waals surface area contributed by atoms with Crippen LogP contribution in [0.15, 0.2) is 42.5 Å². The summed E-state index contributed by atoms with van der Waals surface area (Å²) in [6, 6.07) is 12.1. The number of para-hydroxylation sites is 2. The van der Waals surface area contributed by atoms with Crippen molar-refractivity contribution in [2.24, 2.45) is 5.92 Å². The van der Waals surface area contributed by atoms with Crippen LogP contribution in [0.2, 0.25) is 0 Å². The van der Waals surface area contributed by atoms with Gasteiger partial charge in [-0.05, 0) is 43.2 Å². The number of hydrogen-bond donors (Lipinski definition) is 1. The van der Waals surface area contributed by atoms with Crippen molar-refractivity contribution in [1.29, 1.82) is 0 Å². The van der Waals surface area contributed by atoms with Crippen molar-refractivity contribution >= 4 is 38.3 Å². The van der Waals surface area contributed by atoms with E-state index in [0.29, 0.717) is 11.4 Å². The van der Waals surface area contributed by atoms with Gasteiger partial charge in [0.25, 0.3) is 0 Å². The highest BCUT2D eigenvalue weighted by Gasteiger charge is 2.27. The summed E-state index contributed by atoms with van der Waals surface area (Å²) < 4.78 is 19.5. The van der Waals surface area contributed by atoms with Gasteiger partial charge in [-0.25, -0.2) is 9.37 Å². The van der Waals surface area contributed by atoms with E-state index < -0.39 is 0 Å². The van der Waals surface area contributed by atoms with Crippen molar-refractivity contribution < 1.29 is 13.9 Å². The monoisotopic (exact) mass is 385 g/mol. The number of carbonyl (C=O) groups is 1. The topological polar surface area (TPSA) is 54.5 Å². The molecular weight excluding hydrogens is 365 g/mol. The number of ether oxygens (including phenoxy) is 1. The van der Waals surface area contributed by atoms with Crippen molar-refractivity contribution in [2.45, 2.75) is 12.8 Å². The van der Waals surface area contributed by atoms with Gasteiger partial charge in [-0.1, -0.05) is 23.5 Å². The van der Waals surface area contributed by atoms with Crippen molar-refractivity contribution in [3.05, 3.63) is 48.3 Å². The Balaban J connectivity index is 1.40. The number of carbonyl (C=O) groups excluding carboxylic acids is 1. The molecule has 1 amide bonds. The summed E-state index contributed by atoms with van der Waals surface area (Å²) in [7, 11) is 1.59. The Kier molecular flexibility index (Phi) is 4.94. The van der Waals surface area contributed by atoms with Crippen LogP contribution < -0.4 is 15.0 Å². The molecule has 0 bridgehead atoms. The SMILES string of the molecule is COc1ccccc1NC(=O)C1CCN(c2nc3ccc(F)cc3s2)CC1. The molecule has 0 unspecified atom stereocenters. The minimum absolute atomic E-state index is 0.0190. The molecule has 7 heteroatoms. The van der Waals surface area contributed by atoms with Gasteiger partial charge in [0, 0.05) is 19.0 Å². The van der Waals surface area contributed by atoms with Gasteiger partial charge in [-0.2, -0.15) is 0 Å². The quantitative estimate of drug-likeness (QED) is 0.728. The Morgan fingerprint density at radius 1 is 1.26 bits per heavy atom. The predicted molar refractivity (Wildman–Crippen MR) is 106 cm³/mol. The third-order valence-corrected chi connectivity index (χ3v) is 5.92. The van der Waals surface area contributed by atoms with E-state index in [1.165, 1.54) is 23.5 Å². The lowest BCUT2D eigenvalue weighted by atomic mass is 9.96.